The maximum Gasteiger partial charge on any atom is 0.0488 e. The molecule has 2 heterocycles. The van der Waals surface area contributed by atoms with Crippen molar-refractivity contribution in [2.45, 2.75) is 26.9 Å². The minimum Gasteiger partial charge on any atom is -0.346 e. The minimum absolute atomic E-state index is 0.687. The number of aromatic nitrogens is 2. The summed E-state index contributed by atoms with van der Waals surface area (Å²) in [5.74, 6) is 0.687. The van der Waals surface area contributed by atoms with Crippen molar-refractivity contribution in [1.29, 1.82) is 0 Å². The molecule has 0 spiro atoms. The molecule has 2 aromatic rings. The van der Waals surface area contributed by atoms with Gasteiger partial charge in [-0.05, 0) is 36.2 Å². The van der Waals surface area contributed by atoms with Gasteiger partial charge in [0.05, 0.1) is 0 Å². The molecule has 0 saturated carbocycles. The second-order valence-corrected chi connectivity index (χ2v) is 5.01. The van der Waals surface area contributed by atoms with Crippen LogP contribution in [-0.4, -0.2) is 16.1 Å². The highest BCUT2D eigenvalue weighted by molar-refractivity contribution is 5.14. The van der Waals surface area contributed by atoms with E-state index < -0.39 is 0 Å². The van der Waals surface area contributed by atoms with Crippen LogP contribution < -0.4 is 5.32 Å². The van der Waals surface area contributed by atoms with Crippen LogP contribution in [0.1, 0.15) is 25.1 Å². The average molecular weight is 243 g/mol. The van der Waals surface area contributed by atoms with E-state index in [0.29, 0.717) is 5.92 Å². The number of rotatable bonds is 6. The van der Waals surface area contributed by atoms with E-state index in [1.807, 2.05) is 18.5 Å². The lowest BCUT2D eigenvalue weighted by atomic mass is 10.2. The molecule has 0 aliphatic carbocycles. The fourth-order valence-corrected chi connectivity index (χ4v) is 1.94. The van der Waals surface area contributed by atoms with Crippen molar-refractivity contribution in [2.75, 3.05) is 6.54 Å². The Bertz CT molecular complexity index is 460. The van der Waals surface area contributed by atoms with Crippen molar-refractivity contribution in [3.63, 3.8) is 0 Å². The first-order valence-corrected chi connectivity index (χ1v) is 6.49. The topological polar surface area (TPSA) is 29.9 Å². The first-order valence-electron chi connectivity index (χ1n) is 6.49. The van der Waals surface area contributed by atoms with Crippen molar-refractivity contribution >= 4 is 0 Å². The molecule has 0 aromatic carbocycles. The minimum atomic E-state index is 0.687. The van der Waals surface area contributed by atoms with E-state index in [0.717, 1.165) is 19.6 Å². The zero-order valence-corrected chi connectivity index (χ0v) is 11.1. The monoisotopic (exact) mass is 243 g/mol. The number of hydrogen-bond donors (Lipinski definition) is 1. The smallest absolute Gasteiger partial charge is 0.0488 e. The third-order valence-corrected chi connectivity index (χ3v) is 2.86. The summed E-state index contributed by atoms with van der Waals surface area (Å²) in [6.45, 7) is 7.31. The average Bonchev–Trinajstić information content (AvgIpc) is 2.78. The number of hydrogen-bond acceptors (Lipinski definition) is 2. The summed E-state index contributed by atoms with van der Waals surface area (Å²) in [5.41, 5.74) is 2.55. The maximum atomic E-state index is 4.15. The van der Waals surface area contributed by atoms with Gasteiger partial charge >= 0.3 is 0 Å². The number of nitrogens with zero attached hydrogens (tertiary/aromatic N) is 2. The molecule has 2 aromatic heterocycles. The predicted molar refractivity (Wildman–Crippen MR) is 74.3 cm³/mol. The van der Waals surface area contributed by atoms with Gasteiger partial charge < -0.3 is 9.88 Å². The van der Waals surface area contributed by atoms with Gasteiger partial charge in [-0.15, -0.1) is 0 Å². The summed E-state index contributed by atoms with van der Waals surface area (Å²) in [5, 5.41) is 3.48. The Labute approximate surface area is 109 Å². The van der Waals surface area contributed by atoms with Crippen molar-refractivity contribution in [2.24, 2.45) is 5.92 Å². The molecule has 2 rings (SSSR count). The molecule has 0 radical (unpaired) electrons. The second kappa shape index (κ2) is 6.36. The molecule has 0 unspecified atom stereocenters. The van der Waals surface area contributed by atoms with Crippen LogP contribution in [0.25, 0.3) is 0 Å². The van der Waals surface area contributed by atoms with E-state index in [1.54, 1.807) is 0 Å². The third-order valence-electron chi connectivity index (χ3n) is 2.86. The van der Waals surface area contributed by atoms with Gasteiger partial charge in [-0.3, -0.25) is 4.98 Å². The van der Waals surface area contributed by atoms with Gasteiger partial charge in [-0.1, -0.05) is 19.9 Å². The summed E-state index contributed by atoms with van der Waals surface area (Å²) in [7, 11) is 0. The van der Waals surface area contributed by atoms with Gasteiger partial charge in [0.2, 0.25) is 0 Å². The largest absolute Gasteiger partial charge is 0.346 e. The zero-order valence-electron chi connectivity index (χ0n) is 11.1. The molecule has 0 amide bonds. The first kappa shape index (κ1) is 12.8. The predicted octanol–water partition coefficient (Wildman–Crippen LogP) is 2.68. The fraction of sp³-hybridized carbons (Fsp3) is 0.400. The standard InChI is InChI=1S/C15H21N3/c1-13(2)9-17-11-15-6-4-8-18(15)12-14-5-3-7-16-10-14/h3-8,10,13,17H,9,11-12H2,1-2H3. The Hall–Kier alpha value is -1.61. The number of pyridine rings is 1. The second-order valence-electron chi connectivity index (χ2n) is 5.01. The van der Waals surface area contributed by atoms with Gasteiger partial charge in [0.1, 0.15) is 0 Å². The zero-order chi connectivity index (χ0) is 12.8. The maximum absolute atomic E-state index is 4.15. The molecular formula is C15H21N3. The van der Waals surface area contributed by atoms with E-state index >= 15 is 0 Å². The molecule has 96 valence electrons. The Morgan fingerprint density at radius 1 is 1.28 bits per heavy atom. The highest BCUT2D eigenvalue weighted by Crippen LogP contribution is 2.07. The molecule has 0 fully saturated rings. The Balaban J connectivity index is 1.95. The molecule has 0 saturated heterocycles. The Morgan fingerprint density at radius 3 is 2.89 bits per heavy atom. The molecular weight excluding hydrogens is 222 g/mol. The Morgan fingerprint density at radius 2 is 2.17 bits per heavy atom. The molecule has 18 heavy (non-hydrogen) atoms. The van der Waals surface area contributed by atoms with E-state index in [4.69, 9.17) is 0 Å². The lowest BCUT2D eigenvalue weighted by Gasteiger charge is -2.11. The van der Waals surface area contributed by atoms with Crippen LogP contribution in [0.2, 0.25) is 0 Å². The molecule has 0 aliphatic rings. The van der Waals surface area contributed by atoms with E-state index in [-0.39, 0.29) is 0 Å². The summed E-state index contributed by atoms with van der Waals surface area (Å²) in [6, 6.07) is 8.36. The van der Waals surface area contributed by atoms with Gasteiger partial charge in [0.25, 0.3) is 0 Å². The normalized spacial score (nSPS) is 11.1. The highest BCUT2D eigenvalue weighted by Gasteiger charge is 2.02. The molecule has 1 N–H and O–H groups in total. The van der Waals surface area contributed by atoms with Crippen molar-refractivity contribution in [3.05, 3.63) is 54.1 Å². The first-order chi connectivity index (χ1) is 8.75. The van der Waals surface area contributed by atoms with Crippen LogP contribution in [0.3, 0.4) is 0 Å². The van der Waals surface area contributed by atoms with E-state index in [1.165, 1.54) is 11.3 Å². The highest BCUT2D eigenvalue weighted by atomic mass is 15.0. The summed E-state index contributed by atoms with van der Waals surface area (Å²) in [4.78, 5) is 4.15. The van der Waals surface area contributed by atoms with E-state index in [2.05, 4.69) is 53.1 Å². The van der Waals surface area contributed by atoms with Crippen LogP contribution in [0.5, 0.6) is 0 Å². The fourth-order valence-electron chi connectivity index (χ4n) is 1.94. The van der Waals surface area contributed by atoms with Gasteiger partial charge in [-0.25, -0.2) is 0 Å². The van der Waals surface area contributed by atoms with Gasteiger partial charge in [0, 0.05) is 37.4 Å². The van der Waals surface area contributed by atoms with Gasteiger partial charge in [0.15, 0.2) is 0 Å². The van der Waals surface area contributed by atoms with E-state index in [9.17, 15) is 0 Å². The van der Waals surface area contributed by atoms with Crippen molar-refractivity contribution in [1.82, 2.24) is 14.9 Å². The van der Waals surface area contributed by atoms with Crippen LogP contribution >= 0.6 is 0 Å². The summed E-state index contributed by atoms with van der Waals surface area (Å²) in [6.07, 6.45) is 5.86. The molecule has 3 heteroatoms. The molecule has 0 bridgehead atoms. The van der Waals surface area contributed by atoms with Crippen LogP contribution in [0.4, 0.5) is 0 Å². The van der Waals surface area contributed by atoms with Gasteiger partial charge in [-0.2, -0.15) is 0 Å². The lowest BCUT2D eigenvalue weighted by molar-refractivity contribution is 0.539. The molecule has 0 aliphatic heterocycles. The molecule has 0 atom stereocenters. The summed E-state index contributed by atoms with van der Waals surface area (Å²) >= 11 is 0. The Kier molecular flexibility index (Phi) is 4.53. The van der Waals surface area contributed by atoms with Crippen LogP contribution in [0.15, 0.2) is 42.9 Å². The van der Waals surface area contributed by atoms with Crippen molar-refractivity contribution < 1.29 is 0 Å². The SMILES string of the molecule is CC(C)CNCc1cccn1Cc1cccnc1. The van der Waals surface area contributed by atoms with Crippen molar-refractivity contribution in [3.8, 4) is 0 Å². The quantitative estimate of drug-likeness (QED) is 0.845. The van der Waals surface area contributed by atoms with Crippen LogP contribution in [0, 0.1) is 5.92 Å². The molecule has 3 nitrogen and oxygen atoms in total. The third kappa shape index (κ3) is 3.70. The number of nitrogens with one attached hydrogen (secondary N) is 1. The summed E-state index contributed by atoms with van der Waals surface area (Å²) < 4.78 is 2.27. The van der Waals surface area contributed by atoms with Crippen LogP contribution in [-0.2, 0) is 13.1 Å². The lowest BCUT2D eigenvalue weighted by Crippen LogP contribution is -2.20.